The number of aromatic nitrogens is 1. The Morgan fingerprint density at radius 1 is 1.21 bits per heavy atom. The van der Waals surface area contributed by atoms with E-state index >= 15 is 0 Å². The second-order valence-corrected chi connectivity index (χ2v) is 7.31. The lowest BCUT2D eigenvalue weighted by Crippen LogP contribution is -2.62. The summed E-state index contributed by atoms with van der Waals surface area (Å²) in [5.74, 6) is -0.142. The fourth-order valence-electron chi connectivity index (χ4n) is 3.51. The van der Waals surface area contributed by atoms with Gasteiger partial charge in [-0.2, -0.15) is 0 Å². The van der Waals surface area contributed by atoms with Gasteiger partial charge in [-0.3, -0.25) is 15.2 Å². The summed E-state index contributed by atoms with van der Waals surface area (Å²) in [6, 6.07) is 17.1. The number of carbonyl (C=O) groups is 1. The maximum atomic E-state index is 13.2. The largest absolute Gasteiger partial charge is 0.384 e. The highest BCUT2D eigenvalue weighted by atomic mass is 16.2. The van der Waals surface area contributed by atoms with E-state index in [1.807, 2.05) is 87.0 Å². The van der Waals surface area contributed by atoms with Crippen molar-refractivity contribution in [1.82, 2.24) is 9.88 Å². The van der Waals surface area contributed by atoms with Crippen molar-refractivity contribution < 1.29 is 9.79 Å². The third kappa shape index (κ3) is 6.29. The normalized spacial score (nSPS) is 12.2. The molecule has 0 aliphatic carbocycles. The summed E-state index contributed by atoms with van der Waals surface area (Å²) in [7, 11) is 1.82. The fourth-order valence-corrected chi connectivity index (χ4v) is 3.51. The lowest BCUT2D eigenvalue weighted by atomic mass is 10.1. The number of nitrogen functional groups attached to an aromatic ring is 1. The van der Waals surface area contributed by atoms with E-state index in [1.165, 1.54) is 0 Å². The SMILES string of the molecule is C=C/C(=C\C=[NH+]C)C(C)NC(=O)c1cc2ccccc2n1Cc1cccc(C(=N)N)c1.CC. The Labute approximate surface area is 196 Å². The molecular formula is C27H34N5O+. The molecule has 33 heavy (non-hydrogen) atoms. The Balaban J connectivity index is 0.00000187. The van der Waals surface area contributed by atoms with Gasteiger partial charge in [0, 0.05) is 29.1 Å². The van der Waals surface area contributed by atoms with Gasteiger partial charge in [0.25, 0.3) is 5.91 Å². The molecule has 0 saturated carbocycles. The molecule has 0 saturated heterocycles. The standard InChI is InChI=1S/C25H27N5O.C2H6/c1-4-19(12-13-28-3)17(2)29-25(31)23-15-20-9-5-6-11-22(20)30(23)16-18-8-7-10-21(14-18)24(26)27;1-2/h4-15,17H,1,16H2,2-3H3,(H3,26,27)(H,29,31);1-2H3/p+1/b19-12+,28-13?;. The molecule has 2 aromatic carbocycles. The van der Waals surface area contributed by atoms with E-state index < -0.39 is 0 Å². The molecular weight excluding hydrogens is 410 g/mol. The Morgan fingerprint density at radius 2 is 1.94 bits per heavy atom. The van der Waals surface area contributed by atoms with E-state index in [0.717, 1.165) is 22.0 Å². The van der Waals surface area contributed by atoms with Crippen molar-refractivity contribution in [3.63, 3.8) is 0 Å². The van der Waals surface area contributed by atoms with Gasteiger partial charge in [0.2, 0.25) is 0 Å². The molecule has 1 aromatic heterocycles. The Bertz CT molecular complexity index is 1190. The number of amidine groups is 1. The minimum Gasteiger partial charge on any atom is -0.384 e. The van der Waals surface area contributed by atoms with Gasteiger partial charge in [-0.15, -0.1) is 0 Å². The zero-order chi connectivity index (χ0) is 24.4. The van der Waals surface area contributed by atoms with Crippen LogP contribution in [0.15, 0.2) is 78.9 Å². The summed E-state index contributed by atoms with van der Waals surface area (Å²) in [4.78, 5) is 16.2. The van der Waals surface area contributed by atoms with E-state index in [4.69, 9.17) is 11.1 Å². The average molecular weight is 445 g/mol. The molecule has 0 aliphatic rings. The van der Waals surface area contributed by atoms with Crippen LogP contribution < -0.4 is 16.0 Å². The van der Waals surface area contributed by atoms with Crippen molar-refractivity contribution >= 4 is 28.9 Å². The molecule has 0 fully saturated rings. The van der Waals surface area contributed by atoms with Gasteiger partial charge < -0.3 is 15.6 Å². The van der Waals surface area contributed by atoms with Crippen LogP contribution >= 0.6 is 0 Å². The van der Waals surface area contributed by atoms with Gasteiger partial charge in [0.1, 0.15) is 18.6 Å². The summed E-state index contributed by atoms with van der Waals surface area (Å²) in [5, 5.41) is 11.8. The molecule has 3 aromatic rings. The molecule has 5 N–H and O–H groups in total. The van der Waals surface area contributed by atoms with Gasteiger partial charge in [-0.05, 0) is 36.3 Å². The Kier molecular flexibility index (Phi) is 9.36. The zero-order valence-electron chi connectivity index (χ0n) is 19.9. The summed E-state index contributed by atoms with van der Waals surface area (Å²) >= 11 is 0. The van der Waals surface area contributed by atoms with Gasteiger partial charge in [0.15, 0.2) is 6.21 Å². The van der Waals surface area contributed by atoms with Gasteiger partial charge in [-0.25, -0.2) is 0 Å². The second kappa shape index (κ2) is 12.2. The zero-order valence-corrected chi connectivity index (χ0v) is 19.9. The number of para-hydroxylation sites is 1. The number of rotatable bonds is 8. The number of benzene rings is 2. The highest BCUT2D eigenvalue weighted by Gasteiger charge is 2.18. The van der Waals surface area contributed by atoms with Crippen molar-refractivity contribution in [2.24, 2.45) is 5.73 Å². The monoisotopic (exact) mass is 444 g/mol. The van der Waals surface area contributed by atoms with Crippen LogP contribution in [0.1, 0.15) is 42.4 Å². The molecule has 6 nitrogen and oxygen atoms in total. The van der Waals surface area contributed by atoms with Crippen molar-refractivity contribution in [1.29, 1.82) is 5.41 Å². The lowest BCUT2D eigenvalue weighted by Gasteiger charge is -2.16. The second-order valence-electron chi connectivity index (χ2n) is 7.31. The van der Waals surface area contributed by atoms with Crippen molar-refractivity contribution in [2.45, 2.75) is 33.4 Å². The molecule has 0 aliphatic heterocycles. The number of hydrogen-bond acceptors (Lipinski definition) is 2. The van der Waals surface area contributed by atoms with Crippen LogP contribution in [-0.4, -0.2) is 35.6 Å². The molecule has 1 atom stereocenters. The molecule has 1 heterocycles. The first-order valence-electron chi connectivity index (χ1n) is 11.1. The molecule has 3 rings (SSSR count). The first-order valence-corrected chi connectivity index (χ1v) is 11.1. The van der Waals surface area contributed by atoms with E-state index in [-0.39, 0.29) is 17.8 Å². The predicted octanol–water partition coefficient (Wildman–Crippen LogP) is 3.01. The molecule has 0 radical (unpaired) electrons. The smallest absolute Gasteiger partial charge is 0.268 e. The topological polar surface area (TPSA) is 97.9 Å². The number of carbonyl (C=O) groups excluding carboxylic acids is 1. The van der Waals surface area contributed by atoms with Crippen LogP contribution in [0.25, 0.3) is 10.9 Å². The lowest BCUT2D eigenvalue weighted by molar-refractivity contribution is -0.413. The summed E-state index contributed by atoms with van der Waals surface area (Å²) in [5.41, 5.74) is 9.72. The van der Waals surface area contributed by atoms with Gasteiger partial charge in [0.05, 0.1) is 6.04 Å². The highest BCUT2D eigenvalue weighted by Crippen LogP contribution is 2.22. The number of hydrogen-bond donors (Lipinski definition) is 4. The van der Waals surface area contributed by atoms with Crippen molar-refractivity contribution in [2.75, 3.05) is 7.05 Å². The minimum absolute atomic E-state index is 0.0214. The van der Waals surface area contributed by atoms with Crippen molar-refractivity contribution in [3.05, 3.63) is 95.7 Å². The highest BCUT2D eigenvalue weighted by molar-refractivity contribution is 5.99. The van der Waals surface area contributed by atoms with Crippen LogP contribution in [0.3, 0.4) is 0 Å². The maximum Gasteiger partial charge on any atom is 0.268 e. The molecule has 0 spiro atoms. The maximum absolute atomic E-state index is 13.2. The number of nitrogens with one attached hydrogen (secondary N) is 3. The van der Waals surface area contributed by atoms with E-state index in [9.17, 15) is 4.79 Å². The number of nitrogens with two attached hydrogens (primary N) is 1. The number of amides is 1. The summed E-state index contributed by atoms with van der Waals surface area (Å²) < 4.78 is 1.99. The third-order valence-corrected chi connectivity index (χ3v) is 5.15. The number of allylic oxidation sites excluding steroid dienone is 1. The van der Waals surface area contributed by atoms with Gasteiger partial charge >= 0.3 is 0 Å². The predicted molar refractivity (Wildman–Crippen MR) is 138 cm³/mol. The summed E-state index contributed by atoms with van der Waals surface area (Å²) in [6.45, 7) is 10.3. The van der Waals surface area contributed by atoms with Crippen LogP contribution in [-0.2, 0) is 6.54 Å². The number of fused-ring (bicyclic) bond motifs is 1. The van der Waals surface area contributed by atoms with Crippen LogP contribution in [0.4, 0.5) is 0 Å². The Morgan fingerprint density at radius 3 is 2.61 bits per heavy atom. The molecule has 1 unspecified atom stereocenters. The molecule has 1 amide bonds. The quantitative estimate of drug-likeness (QED) is 0.244. The van der Waals surface area contributed by atoms with Crippen LogP contribution in [0, 0.1) is 5.41 Å². The minimum atomic E-state index is -0.206. The average Bonchev–Trinajstić information content (AvgIpc) is 3.19. The van der Waals surface area contributed by atoms with E-state index in [0.29, 0.717) is 17.8 Å². The number of nitrogens with zero attached hydrogens (tertiary/aromatic N) is 1. The van der Waals surface area contributed by atoms with E-state index in [1.54, 1.807) is 18.4 Å². The van der Waals surface area contributed by atoms with Crippen LogP contribution in [0.5, 0.6) is 0 Å². The Hall–Kier alpha value is -3.93. The van der Waals surface area contributed by atoms with Crippen LogP contribution in [0.2, 0.25) is 0 Å². The molecule has 172 valence electrons. The third-order valence-electron chi connectivity index (χ3n) is 5.15. The first-order chi connectivity index (χ1) is 15.9. The van der Waals surface area contributed by atoms with Gasteiger partial charge in [-0.1, -0.05) is 62.9 Å². The van der Waals surface area contributed by atoms with Crippen molar-refractivity contribution in [3.8, 4) is 0 Å². The first kappa shape index (κ1) is 25.3. The van der Waals surface area contributed by atoms with E-state index in [2.05, 4.69) is 16.9 Å². The molecule has 0 bridgehead atoms. The fraction of sp³-hybridized carbons (Fsp3) is 0.222. The molecule has 6 heteroatoms. The summed E-state index contributed by atoms with van der Waals surface area (Å²) in [6.07, 6.45) is 5.43.